The highest BCUT2D eigenvalue weighted by Crippen LogP contribution is 2.47. The molecule has 28 heavy (non-hydrogen) atoms. The van der Waals surface area contributed by atoms with E-state index in [9.17, 15) is 33.0 Å². The summed E-state index contributed by atoms with van der Waals surface area (Å²) in [7, 11) is 0. The SMILES string of the molecule is CC1=C(C(=O)O)C(c2ccc(Cl)c(C(F)(F)F)c2)C(C(=O)O)=C(C)N1C1CC1. The van der Waals surface area contributed by atoms with Gasteiger partial charge in [0.2, 0.25) is 0 Å². The van der Waals surface area contributed by atoms with E-state index < -0.39 is 34.6 Å². The molecule has 1 aromatic carbocycles. The molecule has 1 aromatic rings. The number of allylic oxidation sites excluding steroid dienone is 2. The van der Waals surface area contributed by atoms with E-state index in [1.54, 1.807) is 18.7 Å². The van der Waals surface area contributed by atoms with Gasteiger partial charge in [-0.1, -0.05) is 17.7 Å². The van der Waals surface area contributed by atoms with Crippen LogP contribution in [0.5, 0.6) is 0 Å². The Bertz CT molecular complexity index is 894. The normalized spacial score (nSPS) is 18.7. The van der Waals surface area contributed by atoms with Gasteiger partial charge in [-0.3, -0.25) is 0 Å². The van der Waals surface area contributed by atoms with E-state index in [0.29, 0.717) is 11.4 Å². The molecule has 0 amide bonds. The first kappa shape index (κ1) is 20.3. The number of rotatable bonds is 4. The van der Waals surface area contributed by atoms with E-state index in [4.69, 9.17) is 11.6 Å². The maximum absolute atomic E-state index is 13.3. The molecule has 3 rings (SSSR count). The molecule has 1 heterocycles. The Hall–Kier alpha value is -2.48. The Balaban J connectivity index is 2.27. The zero-order valence-corrected chi connectivity index (χ0v) is 15.7. The topological polar surface area (TPSA) is 77.8 Å². The van der Waals surface area contributed by atoms with Gasteiger partial charge < -0.3 is 15.1 Å². The maximum atomic E-state index is 13.3. The quantitative estimate of drug-likeness (QED) is 0.749. The third-order valence-corrected chi connectivity index (χ3v) is 5.41. The fourth-order valence-corrected chi connectivity index (χ4v) is 4.01. The molecule has 9 heteroatoms. The molecule has 1 saturated carbocycles. The average Bonchev–Trinajstić information content (AvgIpc) is 3.37. The first-order valence-corrected chi connectivity index (χ1v) is 8.87. The van der Waals surface area contributed by atoms with Gasteiger partial charge in [0.15, 0.2) is 0 Å². The molecule has 2 aliphatic rings. The van der Waals surface area contributed by atoms with Crippen molar-refractivity contribution in [3.05, 3.63) is 56.9 Å². The molecule has 0 aromatic heterocycles. The second-order valence-corrected chi connectivity index (χ2v) is 7.29. The number of carbonyl (C=O) groups is 2. The summed E-state index contributed by atoms with van der Waals surface area (Å²) < 4.78 is 39.9. The minimum Gasteiger partial charge on any atom is -0.478 e. The fraction of sp³-hybridized carbons (Fsp3) is 0.368. The Morgan fingerprint density at radius 2 is 1.57 bits per heavy atom. The molecule has 1 aliphatic carbocycles. The van der Waals surface area contributed by atoms with Gasteiger partial charge in [-0.15, -0.1) is 0 Å². The molecule has 0 bridgehead atoms. The zero-order chi connectivity index (χ0) is 21.0. The Labute approximate surface area is 163 Å². The number of halogens is 4. The van der Waals surface area contributed by atoms with E-state index in [1.807, 2.05) is 0 Å². The number of benzene rings is 1. The molecule has 0 radical (unpaired) electrons. The van der Waals surface area contributed by atoms with Crippen LogP contribution in [-0.2, 0) is 15.8 Å². The van der Waals surface area contributed by atoms with Gasteiger partial charge >= 0.3 is 18.1 Å². The molecule has 1 fully saturated rings. The number of aliphatic carboxylic acids is 2. The first-order valence-electron chi connectivity index (χ1n) is 8.49. The first-order chi connectivity index (χ1) is 12.9. The molecule has 5 nitrogen and oxygen atoms in total. The van der Waals surface area contributed by atoms with Crippen molar-refractivity contribution in [2.45, 2.75) is 44.8 Å². The van der Waals surface area contributed by atoms with Gasteiger partial charge in [-0.25, -0.2) is 9.59 Å². The molecule has 2 N–H and O–H groups in total. The Morgan fingerprint density at radius 3 is 1.96 bits per heavy atom. The third kappa shape index (κ3) is 3.37. The summed E-state index contributed by atoms with van der Waals surface area (Å²) in [6, 6.07) is 2.98. The van der Waals surface area contributed by atoms with Crippen molar-refractivity contribution in [1.82, 2.24) is 4.90 Å². The van der Waals surface area contributed by atoms with Gasteiger partial charge in [-0.2, -0.15) is 13.2 Å². The molecule has 1 aliphatic heterocycles. The lowest BCUT2D eigenvalue weighted by Crippen LogP contribution is -2.35. The summed E-state index contributed by atoms with van der Waals surface area (Å²) in [4.78, 5) is 25.7. The van der Waals surface area contributed by atoms with Crippen LogP contribution >= 0.6 is 11.6 Å². The lowest BCUT2D eigenvalue weighted by molar-refractivity contribution is -0.137. The number of alkyl halides is 3. The highest BCUT2D eigenvalue weighted by Gasteiger charge is 2.44. The van der Waals surface area contributed by atoms with E-state index in [2.05, 4.69) is 0 Å². The lowest BCUT2D eigenvalue weighted by atomic mass is 9.79. The van der Waals surface area contributed by atoms with Crippen molar-refractivity contribution in [3.63, 3.8) is 0 Å². The summed E-state index contributed by atoms with van der Waals surface area (Å²) in [5.41, 5.74) is -1.03. The molecule has 0 unspecified atom stereocenters. The standard InChI is InChI=1S/C19H17ClF3NO4/c1-8-14(17(25)26)16(10-3-6-13(20)12(7-10)19(21,22)23)15(18(27)28)9(2)24(8)11-4-5-11/h3,6-7,11,16H,4-5H2,1-2H3,(H,25,26)(H,27,28). The summed E-state index contributed by atoms with van der Waals surface area (Å²) in [5, 5.41) is 19.0. The summed E-state index contributed by atoms with van der Waals surface area (Å²) in [5.74, 6) is -4.09. The van der Waals surface area contributed by atoms with Crippen molar-refractivity contribution in [3.8, 4) is 0 Å². The van der Waals surface area contributed by atoms with Crippen LogP contribution in [0, 0.1) is 0 Å². The molecule has 0 atom stereocenters. The predicted octanol–water partition coefficient (Wildman–Crippen LogP) is 4.64. The van der Waals surface area contributed by atoms with Gasteiger partial charge in [0.05, 0.1) is 27.7 Å². The van der Waals surface area contributed by atoms with Crippen molar-refractivity contribution in [2.75, 3.05) is 0 Å². The number of hydrogen-bond donors (Lipinski definition) is 2. The van der Waals surface area contributed by atoms with Crippen LogP contribution in [0.2, 0.25) is 5.02 Å². The molecule has 0 saturated heterocycles. The van der Waals surface area contributed by atoms with Gasteiger partial charge in [0, 0.05) is 17.4 Å². The largest absolute Gasteiger partial charge is 0.478 e. The summed E-state index contributed by atoms with van der Waals surface area (Å²) in [6.07, 6.45) is -3.18. The van der Waals surface area contributed by atoms with Crippen LogP contribution in [0.25, 0.3) is 0 Å². The van der Waals surface area contributed by atoms with Gasteiger partial charge in [0.25, 0.3) is 0 Å². The third-order valence-electron chi connectivity index (χ3n) is 5.08. The molecule has 0 spiro atoms. The van der Waals surface area contributed by atoms with Crippen LogP contribution in [0.3, 0.4) is 0 Å². The van der Waals surface area contributed by atoms with E-state index in [-0.39, 0.29) is 22.8 Å². The summed E-state index contributed by atoms with van der Waals surface area (Å²) >= 11 is 5.66. The number of hydrogen-bond acceptors (Lipinski definition) is 3. The van der Waals surface area contributed by atoms with Crippen LogP contribution in [0.4, 0.5) is 13.2 Å². The van der Waals surface area contributed by atoms with Crippen LogP contribution in [0.1, 0.15) is 43.7 Å². The van der Waals surface area contributed by atoms with E-state index in [1.165, 1.54) is 6.07 Å². The molecular formula is C19H17ClF3NO4. The van der Waals surface area contributed by atoms with Gasteiger partial charge in [0.1, 0.15) is 0 Å². The Kier molecular flexibility index (Phi) is 4.95. The predicted molar refractivity (Wildman–Crippen MR) is 94.7 cm³/mol. The molecule has 150 valence electrons. The zero-order valence-electron chi connectivity index (χ0n) is 15.0. The maximum Gasteiger partial charge on any atom is 0.417 e. The number of nitrogens with zero attached hydrogens (tertiary/aromatic N) is 1. The minimum atomic E-state index is -4.76. The van der Waals surface area contributed by atoms with Crippen LogP contribution in [0.15, 0.2) is 40.7 Å². The highest BCUT2D eigenvalue weighted by atomic mass is 35.5. The number of carboxylic acid groups (broad SMARTS) is 2. The second kappa shape index (κ2) is 6.84. The van der Waals surface area contributed by atoms with Crippen molar-refractivity contribution in [2.24, 2.45) is 0 Å². The lowest BCUT2D eigenvalue weighted by Gasteiger charge is -2.37. The smallest absolute Gasteiger partial charge is 0.417 e. The van der Waals surface area contributed by atoms with Crippen molar-refractivity contribution < 1.29 is 33.0 Å². The van der Waals surface area contributed by atoms with Crippen molar-refractivity contribution >= 4 is 23.5 Å². The van der Waals surface area contributed by atoms with Crippen LogP contribution in [-0.4, -0.2) is 33.1 Å². The van der Waals surface area contributed by atoms with Crippen molar-refractivity contribution in [1.29, 1.82) is 0 Å². The highest BCUT2D eigenvalue weighted by molar-refractivity contribution is 6.31. The van der Waals surface area contributed by atoms with E-state index in [0.717, 1.165) is 25.0 Å². The fourth-order valence-electron chi connectivity index (χ4n) is 3.78. The van der Waals surface area contributed by atoms with Crippen LogP contribution < -0.4 is 0 Å². The van der Waals surface area contributed by atoms with Gasteiger partial charge in [-0.05, 0) is 44.4 Å². The summed E-state index contributed by atoms with van der Waals surface area (Å²) in [6.45, 7) is 3.11. The average molecular weight is 416 g/mol. The monoisotopic (exact) mass is 415 g/mol. The molecular weight excluding hydrogens is 399 g/mol. The number of carboxylic acids is 2. The minimum absolute atomic E-state index is 0.000559. The Morgan fingerprint density at radius 1 is 1.07 bits per heavy atom. The van der Waals surface area contributed by atoms with E-state index >= 15 is 0 Å². The second-order valence-electron chi connectivity index (χ2n) is 6.88.